The predicted octanol–water partition coefficient (Wildman–Crippen LogP) is 2.28. The van der Waals surface area contributed by atoms with E-state index in [9.17, 15) is 13.6 Å². The number of hydrogen-bond donors (Lipinski definition) is 1. The summed E-state index contributed by atoms with van der Waals surface area (Å²) in [5, 5.41) is 4.73. The van der Waals surface area contributed by atoms with E-state index in [2.05, 4.69) is 27.7 Å². The van der Waals surface area contributed by atoms with Gasteiger partial charge in [0.25, 0.3) is 5.92 Å². The van der Waals surface area contributed by atoms with Crippen molar-refractivity contribution in [3.8, 4) is 0 Å². The zero-order valence-corrected chi connectivity index (χ0v) is 15.7. The van der Waals surface area contributed by atoms with Gasteiger partial charge in [0.15, 0.2) is 0 Å². The first-order chi connectivity index (χ1) is 10.5. The molecule has 0 spiro atoms. The summed E-state index contributed by atoms with van der Waals surface area (Å²) in [7, 11) is 0. The molecule has 0 aliphatic carbocycles. The minimum absolute atomic E-state index is 0. The molecular weight excluding hydrogens is 379 g/mol. The monoisotopic (exact) mass is 401 g/mol. The number of halogens is 4. The van der Waals surface area contributed by atoms with Crippen molar-refractivity contribution in [1.82, 2.24) is 15.1 Å². The number of alkyl halides is 2. The van der Waals surface area contributed by atoms with Gasteiger partial charge in [0.2, 0.25) is 5.91 Å². The Morgan fingerprint density at radius 1 is 1.29 bits per heavy atom. The molecule has 1 N–H and O–H groups in total. The van der Waals surface area contributed by atoms with E-state index in [1.165, 1.54) is 4.88 Å². The second-order valence-electron chi connectivity index (χ2n) is 5.99. The SMILES string of the molecule is Cl.Cl.O=C(C1CC(F)(F)CN1)N1CCN(CCc2cccs2)CC1. The number of hydrogen-bond acceptors (Lipinski definition) is 4. The maximum absolute atomic E-state index is 13.2. The molecule has 1 aromatic rings. The maximum atomic E-state index is 13.2. The van der Waals surface area contributed by atoms with E-state index in [0.29, 0.717) is 13.1 Å². The summed E-state index contributed by atoms with van der Waals surface area (Å²) < 4.78 is 26.4. The fraction of sp³-hybridized carbons (Fsp3) is 0.667. The molecule has 1 atom stereocenters. The van der Waals surface area contributed by atoms with E-state index in [4.69, 9.17) is 0 Å². The zero-order chi connectivity index (χ0) is 15.6. The van der Waals surface area contributed by atoms with Crippen molar-refractivity contribution in [1.29, 1.82) is 0 Å². The lowest BCUT2D eigenvalue weighted by molar-refractivity contribution is -0.135. The van der Waals surface area contributed by atoms with Crippen molar-refractivity contribution < 1.29 is 13.6 Å². The lowest BCUT2D eigenvalue weighted by atomic mass is 10.1. The highest BCUT2D eigenvalue weighted by molar-refractivity contribution is 7.09. The first-order valence-corrected chi connectivity index (χ1v) is 8.56. The third-order valence-electron chi connectivity index (χ3n) is 4.35. The van der Waals surface area contributed by atoms with Gasteiger partial charge in [-0.05, 0) is 17.9 Å². The average molecular weight is 402 g/mol. The number of carbonyl (C=O) groups is 1. The standard InChI is InChI=1S/C15H21F2N3OS.2ClH/c16-15(17)10-13(18-11-15)14(21)20-7-5-19(6-8-20)4-3-12-2-1-9-22-12;;/h1-2,9,13,18H,3-8,10-11H2;2*1H. The summed E-state index contributed by atoms with van der Waals surface area (Å²) >= 11 is 1.76. The largest absolute Gasteiger partial charge is 0.339 e. The number of nitrogens with zero attached hydrogens (tertiary/aromatic N) is 2. The summed E-state index contributed by atoms with van der Waals surface area (Å²) in [6.45, 7) is 3.51. The van der Waals surface area contributed by atoms with Crippen LogP contribution in [0.25, 0.3) is 0 Å². The van der Waals surface area contributed by atoms with Crippen LogP contribution in [-0.2, 0) is 11.2 Å². The van der Waals surface area contributed by atoms with Crippen LogP contribution in [-0.4, -0.2) is 66.9 Å². The van der Waals surface area contributed by atoms with Crippen LogP contribution in [0.4, 0.5) is 8.78 Å². The van der Waals surface area contributed by atoms with Gasteiger partial charge in [0, 0.05) is 44.0 Å². The lowest BCUT2D eigenvalue weighted by Gasteiger charge is -2.35. The summed E-state index contributed by atoms with van der Waals surface area (Å²) in [6, 6.07) is 3.48. The smallest absolute Gasteiger partial charge is 0.262 e. The lowest BCUT2D eigenvalue weighted by Crippen LogP contribution is -2.53. The molecule has 24 heavy (non-hydrogen) atoms. The Hall–Kier alpha value is -0.470. The molecule has 9 heteroatoms. The number of carbonyl (C=O) groups excluding carboxylic acids is 1. The van der Waals surface area contributed by atoms with E-state index >= 15 is 0 Å². The van der Waals surface area contributed by atoms with Crippen LogP contribution >= 0.6 is 36.2 Å². The van der Waals surface area contributed by atoms with E-state index in [1.54, 1.807) is 16.2 Å². The van der Waals surface area contributed by atoms with Crippen LogP contribution in [0.1, 0.15) is 11.3 Å². The number of thiophene rings is 1. The van der Waals surface area contributed by atoms with Crippen LogP contribution in [0.3, 0.4) is 0 Å². The van der Waals surface area contributed by atoms with Gasteiger partial charge in [-0.1, -0.05) is 6.07 Å². The summed E-state index contributed by atoms with van der Waals surface area (Å²) in [6.07, 6.45) is 0.659. The van der Waals surface area contributed by atoms with E-state index < -0.39 is 12.0 Å². The average Bonchev–Trinajstić information content (AvgIpc) is 3.14. The van der Waals surface area contributed by atoms with E-state index in [1.807, 2.05) is 0 Å². The predicted molar refractivity (Wildman–Crippen MR) is 96.9 cm³/mol. The number of piperazine rings is 1. The Morgan fingerprint density at radius 3 is 2.54 bits per heavy atom. The first-order valence-electron chi connectivity index (χ1n) is 7.68. The first kappa shape index (κ1) is 21.6. The molecule has 138 valence electrons. The summed E-state index contributed by atoms with van der Waals surface area (Å²) in [4.78, 5) is 17.7. The van der Waals surface area contributed by atoms with Gasteiger partial charge >= 0.3 is 0 Å². The third kappa shape index (κ3) is 5.52. The maximum Gasteiger partial charge on any atom is 0.262 e. The van der Waals surface area contributed by atoms with Gasteiger partial charge in [-0.3, -0.25) is 15.0 Å². The summed E-state index contributed by atoms with van der Waals surface area (Å²) in [5.41, 5.74) is 0. The highest BCUT2D eigenvalue weighted by Crippen LogP contribution is 2.26. The molecule has 0 bridgehead atoms. The fourth-order valence-corrected chi connectivity index (χ4v) is 3.72. The Balaban J connectivity index is 0.00000144. The van der Waals surface area contributed by atoms with Crippen LogP contribution in [0, 0.1) is 0 Å². The van der Waals surface area contributed by atoms with Gasteiger partial charge in [0.1, 0.15) is 0 Å². The molecular formula is C15H23Cl2F2N3OS. The minimum atomic E-state index is -2.75. The molecule has 2 fully saturated rings. The highest BCUT2D eigenvalue weighted by atomic mass is 35.5. The molecule has 1 amide bonds. The van der Waals surface area contributed by atoms with Crippen LogP contribution in [0.5, 0.6) is 0 Å². The van der Waals surface area contributed by atoms with Crippen molar-refractivity contribution in [2.45, 2.75) is 24.8 Å². The van der Waals surface area contributed by atoms with Crippen LogP contribution in [0.15, 0.2) is 17.5 Å². The fourth-order valence-electron chi connectivity index (χ4n) is 3.03. The topological polar surface area (TPSA) is 35.6 Å². The normalized spacial score (nSPS) is 23.4. The molecule has 2 saturated heterocycles. The number of rotatable bonds is 4. The van der Waals surface area contributed by atoms with Gasteiger partial charge in [0.05, 0.1) is 12.6 Å². The minimum Gasteiger partial charge on any atom is -0.339 e. The van der Waals surface area contributed by atoms with Gasteiger partial charge in [-0.15, -0.1) is 36.2 Å². The van der Waals surface area contributed by atoms with Crippen molar-refractivity contribution in [3.05, 3.63) is 22.4 Å². The van der Waals surface area contributed by atoms with E-state index in [0.717, 1.165) is 26.1 Å². The zero-order valence-electron chi connectivity index (χ0n) is 13.2. The molecule has 0 saturated carbocycles. The van der Waals surface area contributed by atoms with E-state index in [-0.39, 0.29) is 43.7 Å². The van der Waals surface area contributed by atoms with Crippen molar-refractivity contribution >= 4 is 42.1 Å². The third-order valence-corrected chi connectivity index (χ3v) is 5.28. The van der Waals surface area contributed by atoms with Gasteiger partial charge in [-0.25, -0.2) is 8.78 Å². The molecule has 3 heterocycles. The Bertz CT molecular complexity index is 511. The van der Waals surface area contributed by atoms with Crippen LogP contribution < -0.4 is 5.32 Å². The molecule has 3 rings (SSSR count). The molecule has 1 unspecified atom stereocenters. The molecule has 4 nitrogen and oxygen atoms in total. The van der Waals surface area contributed by atoms with Crippen molar-refractivity contribution in [3.63, 3.8) is 0 Å². The second-order valence-corrected chi connectivity index (χ2v) is 7.02. The summed E-state index contributed by atoms with van der Waals surface area (Å²) in [5.74, 6) is -2.92. The number of amides is 1. The Morgan fingerprint density at radius 2 is 2.00 bits per heavy atom. The molecule has 2 aliphatic heterocycles. The number of nitrogens with one attached hydrogen (secondary N) is 1. The molecule has 0 aromatic carbocycles. The van der Waals surface area contributed by atoms with Crippen LogP contribution in [0.2, 0.25) is 0 Å². The molecule has 1 aromatic heterocycles. The molecule has 2 aliphatic rings. The second kappa shape index (κ2) is 9.29. The highest BCUT2D eigenvalue weighted by Gasteiger charge is 2.43. The quantitative estimate of drug-likeness (QED) is 0.840. The van der Waals surface area contributed by atoms with Gasteiger partial charge < -0.3 is 4.90 Å². The molecule has 0 radical (unpaired) electrons. The van der Waals surface area contributed by atoms with Crippen molar-refractivity contribution in [2.24, 2.45) is 0 Å². The van der Waals surface area contributed by atoms with Gasteiger partial charge in [-0.2, -0.15) is 0 Å². The Labute approximate surface area is 157 Å². The Kier molecular flexibility index (Phi) is 8.35. The van der Waals surface area contributed by atoms with Crippen molar-refractivity contribution in [2.75, 3.05) is 39.3 Å².